The van der Waals surface area contributed by atoms with Gasteiger partial charge in [-0.05, 0) is 25.2 Å². The maximum absolute atomic E-state index is 5.69. The molecule has 0 aromatic carbocycles. The number of halogens is 1. The van der Waals surface area contributed by atoms with Crippen molar-refractivity contribution in [3.8, 4) is 0 Å². The van der Waals surface area contributed by atoms with Crippen molar-refractivity contribution in [3.05, 3.63) is 0 Å². The molecule has 1 atom stereocenters. The fourth-order valence-electron chi connectivity index (χ4n) is 3.23. The maximum atomic E-state index is 5.69. The Bertz CT molecular complexity index is 181. The van der Waals surface area contributed by atoms with E-state index in [1.54, 1.807) is 0 Å². The molecule has 2 rings (SSSR count). The molecule has 1 saturated carbocycles. The Morgan fingerprint density at radius 2 is 1.93 bits per heavy atom. The Labute approximate surface area is 102 Å². The van der Waals surface area contributed by atoms with Crippen molar-refractivity contribution in [2.75, 3.05) is 18.5 Å². The van der Waals surface area contributed by atoms with Gasteiger partial charge in [0.2, 0.25) is 0 Å². The molecule has 2 fully saturated rings. The monoisotopic (exact) mass is 274 g/mol. The lowest BCUT2D eigenvalue weighted by Crippen LogP contribution is -2.35. The van der Waals surface area contributed by atoms with E-state index in [1.165, 1.54) is 51.4 Å². The second-order valence-electron chi connectivity index (χ2n) is 5.50. The van der Waals surface area contributed by atoms with Crippen molar-refractivity contribution in [1.82, 2.24) is 0 Å². The molecule has 2 aliphatic rings. The van der Waals surface area contributed by atoms with Crippen molar-refractivity contribution >= 4 is 15.9 Å². The summed E-state index contributed by atoms with van der Waals surface area (Å²) in [5, 5.41) is 1.14. The van der Waals surface area contributed by atoms with Crippen LogP contribution in [0.5, 0.6) is 0 Å². The van der Waals surface area contributed by atoms with Crippen LogP contribution in [0.4, 0.5) is 0 Å². The van der Waals surface area contributed by atoms with Crippen LogP contribution in [0, 0.1) is 11.3 Å². The van der Waals surface area contributed by atoms with Gasteiger partial charge in [-0.1, -0.05) is 48.0 Å². The van der Waals surface area contributed by atoms with Crippen molar-refractivity contribution in [2.45, 2.75) is 51.4 Å². The fourth-order valence-corrected chi connectivity index (χ4v) is 3.91. The zero-order chi connectivity index (χ0) is 10.6. The molecule has 0 bridgehead atoms. The topological polar surface area (TPSA) is 9.23 Å². The highest BCUT2D eigenvalue weighted by Crippen LogP contribution is 2.41. The lowest BCUT2D eigenvalue weighted by atomic mass is 9.73. The third kappa shape index (κ3) is 3.20. The van der Waals surface area contributed by atoms with E-state index in [0.717, 1.165) is 24.5 Å². The van der Waals surface area contributed by atoms with E-state index in [0.29, 0.717) is 5.41 Å². The SMILES string of the molecule is BrCC1(CC2CCCCC2)CCCOC1. The predicted molar refractivity (Wildman–Crippen MR) is 67.5 cm³/mol. The molecule has 1 nitrogen and oxygen atoms in total. The first-order valence-corrected chi connectivity index (χ1v) is 7.61. The van der Waals surface area contributed by atoms with Gasteiger partial charge >= 0.3 is 0 Å². The van der Waals surface area contributed by atoms with Gasteiger partial charge in [0, 0.05) is 17.4 Å². The van der Waals surface area contributed by atoms with E-state index in [9.17, 15) is 0 Å². The van der Waals surface area contributed by atoms with Crippen LogP contribution in [0.2, 0.25) is 0 Å². The van der Waals surface area contributed by atoms with E-state index in [-0.39, 0.29) is 0 Å². The van der Waals surface area contributed by atoms with E-state index in [1.807, 2.05) is 0 Å². The number of hydrogen-bond acceptors (Lipinski definition) is 1. The Morgan fingerprint density at radius 1 is 1.13 bits per heavy atom. The minimum Gasteiger partial charge on any atom is -0.381 e. The van der Waals surface area contributed by atoms with Gasteiger partial charge in [-0.15, -0.1) is 0 Å². The molecule has 0 aromatic heterocycles. The molecule has 0 spiro atoms. The number of ether oxygens (including phenoxy) is 1. The van der Waals surface area contributed by atoms with E-state index < -0.39 is 0 Å². The molecule has 1 heterocycles. The Kier molecular flexibility index (Phi) is 4.51. The highest BCUT2D eigenvalue weighted by Gasteiger charge is 2.34. The van der Waals surface area contributed by atoms with Gasteiger partial charge < -0.3 is 4.74 Å². The first-order valence-electron chi connectivity index (χ1n) is 6.48. The zero-order valence-corrected chi connectivity index (χ0v) is 11.2. The average Bonchev–Trinajstić information content (AvgIpc) is 2.32. The summed E-state index contributed by atoms with van der Waals surface area (Å²) >= 11 is 3.71. The standard InChI is InChI=1S/C13H23BrO/c14-10-13(7-4-8-15-11-13)9-12-5-2-1-3-6-12/h12H,1-11H2. The number of hydrogen-bond donors (Lipinski definition) is 0. The van der Waals surface area contributed by atoms with Crippen LogP contribution >= 0.6 is 15.9 Å². The maximum Gasteiger partial charge on any atom is 0.0530 e. The Balaban J connectivity index is 1.87. The largest absolute Gasteiger partial charge is 0.381 e. The molecule has 1 unspecified atom stereocenters. The molecule has 1 aliphatic carbocycles. The van der Waals surface area contributed by atoms with Crippen molar-refractivity contribution in [1.29, 1.82) is 0 Å². The Morgan fingerprint density at radius 3 is 2.53 bits per heavy atom. The third-order valence-corrected chi connectivity index (χ3v) is 5.32. The molecule has 1 saturated heterocycles. The second-order valence-corrected chi connectivity index (χ2v) is 6.06. The molecular formula is C13H23BrO. The molecule has 0 amide bonds. The minimum absolute atomic E-state index is 0.472. The molecule has 15 heavy (non-hydrogen) atoms. The summed E-state index contributed by atoms with van der Waals surface area (Å²) in [6.45, 7) is 1.98. The van der Waals surface area contributed by atoms with Gasteiger partial charge in [-0.25, -0.2) is 0 Å². The summed E-state index contributed by atoms with van der Waals surface area (Å²) in [6.07, 6.45) is 11.4. The molecule has 0 N–H and O–H groups in total. The minimum atomic E-state index is 0.472. The van der Waals surface area contributed by atoms with Gasteiger partial charge in [0.1, 0.15) is 0 Å². The smallest absolute Gasteiger partial charge is 0.0530 e. The van der Waals surface area contributed by atoms with Gasteiger partial charge in [-0.3, -0.25) is 0 Å². The van der Waals surface area contributed by atoms with Gasteiger partial charge in [0.15, 0.2) is 0 Å². The van der Waals surface area contributed by atoms with Crippen LogP contribution in [0.1, 0.15) is 51.4 Å². The highest BCUT2D eigenvalue weighted by atomic mass is 79.9. The molecule has 0 aromatic rings. The van der Waals surface area contributed by atoms with Gasteiger partial charge in [-0.2, -0.15) is 0 Å². The third-order valence-electron chi connectivity index (χ3n) is 4.13. The van der Waals surface area contributed by atoms with Crippen LogP contribution in [0.15, 0.2) is 0 Å². The van der Waals surface area contributed by atoms with Crippen LogP contribution in [0.25, 0.3) is 0 Å². The first kappa shape index (κ1) is 11.9. The van der Waals surface area contributed by atoms with Crippen LogP contribution in [-0.4, -0.2) is 18.5 Å². The summed E-state index contributed by atoms with van der Waals surface area (Å²) in [6, 6.07) is 0. The summed E-state index contributed by atoms with van der Waals surface area (Å²) in [5.74, 6) is 0.984. The summed E-state index contributed by atoms with van der Waals surface area (Å²) in [7, 11) is 0. The lowest BCUT2D eigenvalue weighted by molar-refractivity contribution is -0.00972. The normalized spacial score (nSPS) is 34.2. The van der Waals surface area contributed by atoms with Crippen LogP contribution < -0.4 is 0 Å². The summed E-state index contributed by atoms with van der Waals surface area (Å²) in [4.78, 5) is 0. The van der Waals surface area contributed by atoms with Gasteiger partial charge in [0.05, 0.1) is 6.61 Å². The second kappa shape index (κ2) is 5.67. The van der Waals surface area contributed by atoms with Crippen molar-refractivity contribution < 1.29 is 4.74 Å². The number of rotatable bonds is 3. The lowest BCUT2D eigenvalue weighted by Gasteiger charge is -2.39. The van der Waals surface area contributed by atoms with Crippen LogP contribution in [0.3, 0.4) is 0 Å². The molecule has 88 valence electrons. The Hall–Kier alpha value is 0.440. The molecular weight excluding hydrogens is 252 g/mol. The van der Waals surface area contributed by atoms with E-state index in [4.69, 9.17) is 4.74 Å². The molecule has 0 radical (unpaired) electrons. The van der Waals surface area contributed by atoms with Crippen LogP contribution in [-0.2, 0) is 4.74 Å². The van der Waals surface area contributed by atoms with E-state index >= 15 is 0 Å². The quantitative estimate of drug-likeness (QED) is 0.703. The molecule has 1 aliphatic heterocycles. The predicted octanol–water partition coefficient (Wildman–Crippen LogP) is 4.15. The summed E-state index contributed by atoms with van der Waals surface area (Å²) < 4.78 is 5.69. The molecule has 2 heteroatoms. The van der Waals surface area contributed by atoms with Crippen molar-refractivity contribution in [3.63, 3.8) is 0 Å². The van der Waals surface area contributed by atoms with E-state index in [2.05, 4.69) is 15.9 Å². The fraction of sp³-hybridized carbons (Fsp3) is 1.00. The first-order chi connectivity index (χ1) is 7.35. The number of alkyl halides is 1. The van der Waals surface area contributed by atoms with Crippen molar-refractivity contribution in [2.24, 2.45) is 11.3 Å². The van der Waals surface area contributed by atoms with Gasteiger partial charge in [0.25, 0.3) is 0 Å². The zero-order valence-electron chi connectivity index (χ0n) is 9.64. The highest BCUT2D eigenvalue weighted by molar-refractivity contribution is 9.09. The average molecular weight is 275 g/mol. The summed E-state index contributed by atoms with van der Waals surface area (Å²) in [5.41, 5.74) is 0.472.